The van der Waals surface area contributed by atoms with Gasteiger partial charge in [0.05, 0.1) is 5.75 Å². The molecule has 1 atom stereocenters. The van der Waals surface area contributed by atoms with Crippen molar-refractivity contribution in [3.05, 3.63) is 21.3 Å². The molecule has 6 heteroatoms. The summed E-state index contributed by atoms with van der Waals surface area (Å²) >= 11 is 1.21. The molecule has 0 aromatic rings. The van der Waals surface area contributed by atoms with Gasteiger partial charge in [0.2, 0.25) is 0 Å². The summed E-state index contributed by atoms with van der Waals surface area (Å²) in [6, 6.07) is 0. The van der Waals surface area contributed by atoms with Crippen molar-refractivity contribution in [1.29, 1.82) is 0 Å². The van der Waals surface area contributed by atoms with Gasteiger partial charge in [0.15, 0.2) is 9.84 Å². The van der Waals surface area contributed by atoms with Crippen molar-refractivity contribution in [2.24, 2.45) is 0 Å². The number of esters is 1. The van der Waals surface area contributed by atoms with Gasteiger partial charge in [-0.25, -0.2) is 8.42 Å². The molecular formula is C12H16O4S2. The zero-order chi connectivity index (χ0) is 13.2. The highest BCUT2D eigenvalue weighted by molar-refractivity contribution is 8.20. The number of thioether (sulfide) groups is 1. The van der Waals surface area contributed by atoms with Gasteiger partial charge in [-0.2, -0.15) is 0 Å². The molecule has 2 aliphatic rings. The largest absolute Gasteiger partial charge is 0.453 e. The van der Waals surface area contributed by atoms with E-state index >= 15 is 0 Å². The third-order valence-electron chi connectivity index (χ3n) is 2.95. The van der Waals surface area contributed by atoms with Crippen LogP contribution in [0.1, 0.15) is 32.6 Å². The molecule has 2 heterocycles. The molecule has 0 aliphatic carbocycles. The Balaban J connectivity index is 2.08. The van der Waals surface area contributed by atoms with Gasteiger partial charge in [-0.05, 0) is 24.3 Å². The fraction of sp³-hybridized carbons (Fsp3) is 0.583. The van der Waals surface area contributed by atoms with Gasteiger partial charge in [0, 0.05) is 12.0 Å². The molecule has 2 aliphatic heterocycles. The van der Waals surface area contributed by atoms with Crippen LogP contribution in [0.5, 0.6) is 0 Å². The molecule has 0 spiro atoms. The van der Waals surface area contributed by atoms with Gasteiger partial charge in [-0.1, -0.05) is 25.1 Å². The monoisotopic (exact) mass is 288 g/mol. The topological polar surface area (TPSA) is 60.4 Å². The fourth-order valence-corrected chi connectivity index (χ4v) is 4.98. The Bertz CT molecular complexity index is 502. The molecule has 1 unspecified atom stereocenters. The summed E-state index contributed by atoms with van der Waals surface area (Å²) in [5, 5.41) is 1.69. The number of hydrogen-bond donors (Lipinski definition) is 0. The average molecular weight is 288 g/mol. The first kappa shape index (κ1) is 13.7. The fourth-order valence-electron chi connectivity index (χ4n) is 1.97. The van der Waals surface area contributed by atoms with Crippen LogP contribution in [0.4, 0.5) is 0 Å². The maximum Gasteiger partial charge on any atom is 0.306 e. The van der Waals surface area contributed by atoms with E-state index in [9.17, 15) is 13.2 Å². The van der Waals surface area contributed by atoms with Gasteiger partial charge < -0.3 is 4.74 Å². The minimum atomic E-state index is -3.13. The molecule has 0 saturated carbocycles. The van der Waals surface area contributed by atoms with Crippen LogP contribution in [0.15, 0.2) is 21.3 Å². The second-order valence-corrected chi connectivity index (χ2v) is 7.56. The van der Waals surface area contributed by atoms with E-state index in [-0.39, 0.29) is 11.7 Å². The third kappa shape index (κ3) is 2.80. The normalized spacial score (nSPS) is 25.1. The molecule has 0 saturated heterocycles. The number of carbonyl (C=O) groups is 1. The van der Waals surface area contributed by atoms with Crippen molar-refractivity contribution in [3.8, 4) is 0 Å². The predicted octanol–water partition coefficient (Wildman–Crippen LogP) is 2.38. The smallest absolute Gasteiger partial charge is 0.306 e. The van der Waals surface area contributed by atoms with E-state index in [1.807, 2.05) is 6.92 Å². The second-order valence-electron chi connectivity index (χ2n) is 4.34. The van der Waals surface area contributed by atoms with Crippen LogP contribution in [-0.4, -0.2) is 26.2 Å². The zero-order valence-electron chi connectivity index (χ0n) is 10.2. The Hall–Kier alpha value is -0.750. The Morgan fingerprint density at radius 3 is 3.06 bits per heavy atom. The molecule has 100 valence electrons. The summed E-state index contributed by atoms with van der Waals surface area (Å²) < 4.78 is 29.2. The van der Waals surface area contributed by atoms with E-state index in [0.29, 0.717) is 17.1 Å². The van der Waals surface area contributed by atoms with Crippen LogP contribution in [0, 0.1) is 0 Å². The van der Waals surface area contributed by atoms with Gasteiger partial charge in [-0.15, -0.1) is 0 Å². The Morgan fingerprint density at radius 2 is 2.33 bits per heavy atom. The van der Waals surface area contributed by atoms with Crippen molar-refractivity contribution in [2.75, 3.05) is 5.75 Å². The molecule has 0 aromatic carbocycles. The summed E-state index contributed by atoms with van der Waals surface area (Å²) in [6.07, 6.45) is 3.88. The van der Waals surface area contributed by atoms with Crippen LogP contribution in [0.3, 0.4) is 0 Å². The van der Waals surface area contributed by atoms with Crippen LogP contribution in [0.25, 0.3) is 0 Å². The molecule has 0 fully saturated rings. The SMILES string of the molecule is CCCCC(=O)OC1C=CSC2=C1CCS2(=O)=O. The minimum Gasteiger partial charge on any atom is -0.453 e. The first-order valence-corrected chi connectivity index (χ1v) is 8.56. The highest BCUT2D eigenvalue weighted by atomic mass is 32.3. The van der Waals surface area contributed by atoms with E-state index in [1.54, 1.807) is 11.5 Å². The quantitative estimate of drug-likeness (QED) is 0.743. The maximum atomic E-state index is 11.7. The Morgan fingerprint density at radius 1 is 1.56 bits per heavy atom. The summed E-state index contributed by atoms with van der Waals surface area (Å²) in [6.45, 7) is 2.01. The van der Waals surface area contributed by atoms with Crippen LogP contribution in [0.2, 0.25) is 0 Å². The van der Waals surface area contributed by atoms with Crippen molar-refractivity contribution in [1.82, 2.24) is 0 Å². The lowest BCUT2D eigenvalue weighted by Gasteiger charge is -2.19. The molecular weight excluding hydrogens is 272 g/mol. The van der Waals surface area contributed by atoms with Crippen LogP contribution >= 0.6 is 11.8 Å². The van der Waals surface area contributed by atoms with Crippen molar-refractivity contribution in [3.63, 3.8) is 0 Å². The summed E-state index contributed by atoms with van der Waals surface area (Å²) in [4.78, 5) is 11.6. The van der Waals surface area contributed by atoms with Crippen molar-refractivity contribution in [2.45, 2.75) is 38.7 Å². The first-order valence-electron chi connectivity index (χ1n) is 6.03. The first-order chi connectivity index (χ1) is 8.54. The number of ether oxygens (including phenoxy) is 1. The number of rotatable bonds is 4. The number of sulfone groups is 1. The molecule has 0 bridgehead atoms. The number of unbranched alkanes of at least 4 members (excludes halogenated alkanes) is 1. The lowest BCUT2D eigenvalue weighted by Crippen LogP contribution is -2.19. The zero-order valence-corrected chi connectivity index (χ0v) is 11.9. The second kappa shape index (κ2) is 5.48. The standard InChI is InChI=1S/C12H16O4S2/c1-2-3-4-11(13)16-10-5-7-17-12-9(10)6-8-18(12,14)15/h5,7,10H,2-4,6,8H2,1H3. The minimum absolute atomic E-state index is 0.134. The lowest BCUT2D eigenvalue weighted by molar-refractivity contribution is -0.145. The van der Waals surface area contributed by atoms with Gasteiger partial charge in [0.1, 0.15) is 10.3 Å². The van der Waals surface area contributed by atoms with Gasteiger partial charge >= 0.3 is 5.97 Å². The number of hydrogen-bond acceptors (Lipinski definition) is 5. The molecule has 2 rings (SSSR count). The highest BCUT2D eigenvalue weighted by Crippen LogP contribution is 2.41. The van der Waals surface area contributed by atoms with E-state index < -0.39 is 15.9 Å². The van der Waals surface area contributed by atoms with E-state index in [2.05, 4.69) is 0 Å². The molecule has 0 radical (unpaired) electrons. The van der Waals surface area contributed by atoms with Crippen LogP contribution < -0.4 is 0 Å². The predicted molar refractivity (Wildman–Crippen MR) is 71.6 cm³/mol. The average Bonchev–Trinajstić information content (AvgIpc) is 2.64. The number of carbonyl (C=O) groups excluding carboxylic acids is 1. The molecule has 0 amide bonds. The Labute approximate surface area is 111 Å². The molecule has 18 heavy (non-hydrogen) atoms. The van der Waals surface area contributed by atoms with E-state index in [1.165, 1.54) is 11.8 Å². The maximum absolute atomic E-state index is 11.7. The molecule has 0 N–H and O–H groups in total. The van der Waals surface area contributed by atoms with Crippen molar-refractivity contribution >= 4 is 27.6 Å². The molecule has 0 aromatic heterocycles. The van der Waals surface area contributed by atoms with E-state index in [0.717, 1.165) is 18.4 Å². The Kier molecular flexibility index (Phi) is 4.17. The van der Waals surface area contributed by atoms with Gasteiger partial charge in [-0.3, -0.25) is 4.79 Å². The van der Waals surface area contributed by atoms with Crippen LogP contribution in [-0.2, 0) is 19.4 Å². The van der Waals surface area contributed by atoms with Crippen molar-refractivity contribution < 1.29 is 17.9 Å². The van der Waals surface area contributed by atoms with E-state index in [4.69, 9.17) is 4.74 Å². The summed E-state index contributed by atoms with van der Waals surface area (Å²) in [7, 11) is -3.13. The highest BCUT2D eigenvalue weighted by Gasteiger charge is 2.36. The summed E-state index contributed by atoms with van der Waals surface area (Å²) in [5.41, 5.74) is 0.743. The third-order valence-corrected chi connectivity index (χ3v) is 6.34. The van der Waals surface area contributed by atoms with Gasteiger partial charge in [0.25, 0.3) is 0 Å². The summed E-state index contributed by atoms with van der Waals surface area (Å²) in [5.74, 6) is -0.121. The lowest BCUT2D eigenvalue weighted by atomic mass is 10.1. The molecule has 4 nitrogen and oxygen atoms in total.